The van der Waals surface area contributed by atoms with Gasteiger partial charge in [-0.1, -0.05) is 115 Å². The van der Waals surface area contributed by atoms with E-state index in [1.807, 2.05) is 0 Å². The molecule has 2 atom stereocenters. The van der Waals surface area contributed by atoms with Crippen molar-refractivity contribution in [3.8, 4) is 22.3 Å². The minimum atomic E-state index is 0.309. The van der Waals surface area contributed by atoms with E-state index in [1.165, 1.54) is 39.0 Å². The van der Waals surface area contributed by atoms with Crippen LogP contribution >= 0.6 is 0 Å². The maximum Gasteiger partial charge on any atom is 0.0484 e. The Bertz CT molecular complexity index is 1430. The summed E-state index contributed by atoms with van der Waals surface area (Å²) in [6, 6.07) is 28.5. The van der Waals surface area contributed by atoms with Crippen molar-refractivity contribution in [3.05, 3.63) is 150 Å². The average Bonchev–Trinajstić information content (AvgIpc) is 2.99. The zero-order valence-electron chi connectivity index (χ0n) is 21.2. The highest BCUT2D eigenvalue weighted by molar-refractivity contribution is 5.74. The lowest BCUT2D eigenvalue weighted by Gasteiger charge is -2.25. The van der Waals surface area contributed by atoms with Crippen LogP contribution in [0.25, 0.3) is 22.3 Å². The molecule has 3 aliphatic rings. The molecule has 1 nitrogen and oxygen atoms in total. The first kappa shape index (κ1) is 23.3. The summed E-state index contributed by atoms with van der Waals surface area (Å²) in [4.78, 5) is 0. The smallest absolute Gasteiger partial charge is 0.0484 e. The van der Waals surface area contributed by atoms with Crippen molar-refractivity contribution in [3.63, 3.8) is 0 Å². The van der Waals surface area contributed by atoms with Gasteiger partial charge in [-0.2, -0.15) is 0 Å². The van der Waals surface area contributed by atoms with Gasteiger partial charge >= 0.3 is 0 Å². The van der Waals surface area contributed by atoms with Gasteiger partial charge in [0.2, 0.25) is 0 Å². The molecular weight excluding hydrogens is 446 g/mol. The quantitative estimate of drug-likeness (QED) is 0.371. The second-order valence-electron chi connectivity index (χ2n) is 10.1. The first-order valence-electron chi connectivity index (χ1n) is 13.5. The van der Waals surface area contributed by atoms with Gasteiger partial charge in [0.1, 0.15) is 0 Å². The lowest BCUT2D eigenvalue weighted by atomic mass is 9.83. The van der Waals surface area contributed by atoms with Crippen LogP contribution in [0.1, 0.15) is 25.7 Å². The molecule has 1 heteroatoms. The normalized spacial score (nSPS) is 20.7. The maximum atomic E-state index is 3.75. The SMILES string of the molecule is C1=CC(C2=CC(C3=CC(Nc4ccc(-c5cccc(-c6ccccc6)c5)cc4)CC=C3)CC=C2)=CCC1. The van der Waals surface area contributed by atoms with Crippen LogP contribution in [0.2, 0.25) is 0 Å². The predicted molar refractivity (Wildman–Crippen MR) is 158 cm³/mol. The number of hydrogen-bond acceptors (Lipinski definition) is 1. The highest BCUT2D eigenvalue weighted by atomic mass is 14.9. The summed E-state index contributed by atoms with van der Waals surface area (Å²) < 4.78 is 0. The summed E-state index contributed by atoms with van der Waals surface area (Å²) in [6.45, 7) is 0. The summed E-state index contributed by atoms with van der Waals surface area (Å²) in [5.74, 6) is 0.441. The molecular formula is C36H33N. The second kappa shape index (κ2) is 10.9. The van der Waals surface area contributed by atoms with E-state index in [-0.39, 0.29) is 0 Å². The zero-order chi connectivity index (χ0) is 24.9. The van der Waals surface area contributed by atoms with Crippen molar-refractivity contribution in [1.82, 2.24) is 0 Å². The molecule has 0 fully saturated rings. The van der Waals surface area contributed by atoms with Crippen molar-refractivity contribution in [2.75, 3.05) is 5.32 Å². The molecule has 37 heavy (non-hydrogen) atoms. The Morgan fingerprint density at radius 2 is 1.30 bits per heavy atom. The molecule has 0 aliphatic heterocycles. The van der Waals surface area contributed by atoms with E-state index in [1.54, 1.807) is 0 Å². The standard InChI is InChI=1S/C36H33N/c1-3-10-27(11-4-1)30-14-7-16-32(24-30)29-20-22-35(23-21-29)37-36-19-9-18-34(26-36)33-17-8-15-31(25-33)28-12-5-2-6-13-28/h1,3-5,7-16,18,20-26,33,36-37H,2,6,17,19H2. The molecule has 0 amide bonds. The number of rotatable bonds is 6. The lowest BCUT2D eigenvalue weighted by Crippen LogP contribution is -2.20. The molecule has 0 spiro atoms. The van der Waals surface area contributed by atoms with Gasteiger partial charge in [0.25, 0.3) is 0 Å². The Morgan fingerprint density at radius 1 is 0.568 bits per heavy atom. The van der Waals surface area contributed by atoms with E-state index in [0.29, 0.717) is 12.0 Å². The van der Waals surface area contributed by atoms with Gasteiger partial charge in [-0.05, 0) is 82.9 Å². The first-order valence-corrected chi connectivity index (χ1v) is 13.5. The van der Waals surface area contributed by atoms with Crippen LogP contribution in [0, 0.1) is 5.92 Å². The van der Waals surface area contributed by atoms with Crippen LogP contribution in [0.4, 0.5) is 5.69 Å². The van der Waals surface area contributed by atoms with Crippen molar-refractivity contribution >= 4 is 5.69 Å². The third-order valence-corrected chi connectivity index (χ3v) is 7.46. The number of nitrogens with one attached hydrogen (secondary N) is 1. The molecule has 1 N–H and O–H groups in total. The van der Waals surface area contributed by atoms with E-state index in [4.69, 9.17) is 0 Å². The zero-order valence-corrected chi connectivity index (χ0v) is 21.2. The van der Waals surface area contributed by atoms with Crippen LogP contribution in [-0.2, 0) is 0 Å². The number of benzene rings is 3. The van der Waals surface area contributed by atoms with Crippen LogP contribution in [0.15, 0.2) is 150 Å². The molecule has 182 valence electrons. The largest absolute Gasteiger partial charge is 0.379 e. The van der Waals surface area contributed by atoms with E-state index in [2.05, 4.69) is 139 Å². The minimum absolute atomic E-state index is 0.309. The van der Waals surface area contributed by atoms with Gasteiger partial charge in [0.15, 0.2) is 0 Å². The van der Waals surface area contributed by atoms with Gasteiger partial charge in [0, 0.05) is 17.6 Å². The summed E-state index contributed by atoms with van der Waals surface area (Å²) in [6.07, 6.45) is 25.5. The summed E-state index contributed by atoms with van der Waals surface area (Å²) in [5.41, 5.74) is 10.3. The van der Waals surface area contributed by atoms with Crippen LogP contribution in [0.3, 0.4) is 0 Å². The van der Waals surface area contributed by atoms with Crippen LogP contribution in [0.5, 0.6) is 0 Å². The lowest BCUT2D eigenvalue weighted by molar-refractivity contribution is 0.749. The Morgan fingerprint density at radius 3 is 2.08 bits per heavy atom. The fourth-order valence-electron chi connectivity index (χ4n) is 5.47. The van der Waals surface area contributed by atoms with Gasteiger partial charge in [-0.25, -0.2) is 0 Å². The van der Waals surface area contributed by atoms with Gasteiger partial charge < -0.3 is 5.32 Å². The predicted octanol–water partition coefficient (Wildman–Crippen LogP) is 9.47. The summed E-state index contributed by atoms with van der Waals surface area (Å²) in [5, 5.41) is 3.75. The van der Waals surface area contributed by atoms with E-state index < -0.39 is 0 Å². The van der Waals surface area contributed by atoms with Gasteiger partial charge in [-0.3, -0.25) is 0 Å². The van der Waals surface area contributed by atoms with E-state index >= 15 is 0 Å². The number of hydrogen-bond donors (Lipinski definition) is 1. The molecule has 0 bridgehead atoms. The average molecular weight is 480 g/mol. The molecule has 0 saturated heterocycles. The van der Waals surface area contributed by atoms with Crippen molar-refractivity contribution < 1.29 is 0 Å². The monoisotopic (exact) mass is 479 g/mol. The fourth-order valence-corrected chi connectivity index (χ4v) is 5.47. The molecule has 3 aromatic carbocycles. The number of allylic oxidation sites excluding steroid dienone is 10. The highest BCUT2D eigenvalue weighted by Crippen LogP contribution is 2.32. The van der Waals surface area contributed by atoms with Crippen LogP contribution in [-0.4, -0.2) is 6.04 Å². The molecule has 0 saturated carbocycles. The molecule has 6 rings (SSSR count). The van der Waals surface area contributed by atoms with Crippen LogP contribution < -0.4 is 5.32 Å². The highest BCUT2D eigenvalue weighted by Gasteiger charge is 2.18. The Hall–Kier alpha value is -4.10. The second-order valence-corrected chi connectivity index (χ2v) is 10.1. The Kier molecular flexibility index (Phi) is 6.86. The van der Waals surface area contributed by atoms with Gasteiger partial charge in [0.05, 0.1) is 0 Å². The Balaban J connectivity index is 1.15. The topological polar surface area (TPSA) is 12.0 Å². The maximum absolute atomic E-state index is 3.75. The third kappa shape index (κ3) is 5.52. The molecule has 0 radical (unpaired) electrons. The van der Waals surface area contributed by atoms with E-state index in [9.17, 15) is 0 Å². The fraction of sp³-hybridized carbons (Fsp3) is 0.167. The summed E-state index contributed by atoms with van der Waals surface area (Å²) in [7, 11) is 0. The third-order valence-electron chi connectivity index (χ3n) is 7.46. The number of anilines is 1. The molecule has 0 aromatic heterocycles. The molecule has 2 unspecified atom stereocenters. The van der Waals surface area contributed by atoms with Crippen molar-refractivity contribution in [2.45, 2.75) is 31.7 Å². The van der Waals surface area contributed by atoms with Gasteiger partial charge in [-0.15, -0.1) is 0 Å². The minimum Gasteiger partial charge on any atom is -0.379 e. The molecule has 0 heterocycles. The van der Waals surface area contributed by atoms with Crippen molar-refractivity contribution in [1.29, 1.82) is 0 Å². The first-order chi connectivity index (χ1) is 18.3. The molecule has 3 aromatic rings. The van der Waals surface area contributed by atoms with Crippen molar-refractivity contribution in [2.24, 2.45) is 5.92 Å². The molecule has 3 aliphatic carbocycles. The van der Waals surface area contributed by atoms with E-state index in [0.717, 1.165) is 31.4 Å². The Labute approximate surface area is 221 Å². The summed E-state index contributed by atoms with van der Waals surface area (Å²) >= 11 is 0.